The molecule has 130 valence electrons. The zero-order valence-corrected chi connectivity index (χ0v) is 13.7. The van der Waals surface area contributed by atoms with Crippen molar-refractivity contribution in [2.24, 2.45) is 5.73 Å². The number of amides is 1. The number of nitrogens with one attached hydrogen (secondary N) is 1. The summed E-state index contributed by atoms with van der Waals surface area (Å²) in [4.78, 5) is 25.4. The molecule has 0 spiro atoms. The third-order valence-electron chi connectivity index (χ3n) is 3.17. The van der Waals surface area contributed by atoms with Gasteiger partial charge in [0.15, 0.2) is 0 Å². The second-order valence-electron chi connectivity index (χ2n) is 5.02. The summed E-state index contributed by atoms with van der Waals surface area (Å²) < 4.78 is 3.00. The molecule has 0 aliphatic rings. The lowest BCUT2D eigenvalue weighted by molar-refractivity contribution is -0.396. The fraction of sp³-hybridized carbons (Fsp3) is 0.500. The van der Waals surface area contributed by atoms with E-state index in [4.69, 9.17) is 5.73 Å². The van der Waals surface area contributed by atoms with Crippen LogP contribution in [0.2, 0.25) is 0 Å². The van der Waals surface area contributed by atoms with Crippen molar-refractivity contribution in [3.05, 3.63) is 34.4 Å². The number of aromatic nitrogens is 5. The molecule has 0 saturated carbocycles. The van der Waals surface area contributed by atoms with Gasteiger partial charge in [-0.05, 0) is 11.3 Å². The lowest BCUT2D eigenvalue weighted by atomic mass is 10.3. The Balaban J connectivity index is 1.80. The molecule has 2 aromatic rings. The number of hydrogen-bond donors (Lipinski definition) is 3. The summed E-state index contributed by atoms with van der Waals surface area (Å²) in [6.07, 6.45) is 5.22. The molecule has 2 heterocycles. The van der Waals surface area contributed by atoms with Gasteiger partial charge in [0.05, 0.1) is 12.2 Å². The van der Waals surface area contributed by atoms with E-state index in [-0.39, 0.29) is 18.4 Å². The SMILES string of the molecule is NC(CS)C(=O)NCCCn1cc(Cn2ccnc2[N+](=O)[O-])nn1. The minimum absolute atomic E-state index is 0.212. The van der Waals surface area contributed by atoms with E-state index < -0.39 is 11.0 Å². The Labute approximate surface area is 142 Å². The third kappa shape index (κ3) is 4.76. The fourth-order valence-electron chi connectivity index (χ4n) is 1.96. The van der Waals surface area contributed by atoms with Crippen molar-refractivity contribution in [1.82, 2.24) is 29.9 Å². The number of hydrogen-bond acceptors (Lipinski definition) is 8. The van der Waals surface area contributed by atoms with Crippen LogP contribution < -0.4 is 11.1 Å². The number of aryl methyl sites for hydroxylation is 1. The second kappa shape index (κ2) is 8.40. The van der Waals surface area contributed by atoms with Gasteiger partial charge in [0.25, 0.3) is 0 Å². The normalized spacial score (nSPS) is 12.1. The predicted molar refractivity (Wildman–Crippen MR) is 87.5 cm³/mol. The molecule has 24 heavy (non-hydrogen) atoms. The summed E-state index contributed by atoms with van der Waals surface area (Å²) in [7, 11) is 0. The Morgan fingerprint density at radius 2 is 2.33 bits per heavy atom. The highest BCUT2D eigenvalue weighted by molar-refractivity contribution is 7.80. The molecule has 0 radical (unpaired) electrons. The van der Waals surface area contributed by atoms with E-state index in [0.717, 1.165) is 0 Å². The first-order valence-corrected chi connectivity index (χ1v) is 7.83. The summed E-state index contributed by atoms with van der Waals surface area (Å²) in [6.45, 7) is 1.22. The molecular weight excluding hydrogens is 336 g/mol. The molecule has 0 bridgehead atoms. The summed E-state index contributed by atoms with van der Waals surface area (Å²) in [6, 6.07) is -0.614. The molecular formula is C12H18N8O3S. The van der Waals surface area contributed by atoms with Gasteiger partial charge in [0, 0.05) is 18.8 Å². The van der Waals surface area contributed by atoms with Crippen molar-refractivity contribution in [2.75, 3.05) is 12.3 Å². The molecule has 0 fully saturated rings. The van der Waals surface area contributed by atoms with Gasteiger partial charge in [-0.1, -0.05) is 10.2 Å². The number of nitrogens with zero attached hydrogens (tertiary/aromatic N) is 6. The topological polar surface area (TPSA) is 147 Å². The molecule has 0 aliphatic heterocycles. The minimum Gasteiger partial charge on any atom is -0.390 e. The van der Waals surface area contributed by atoms with Crippen molar-refractivity contribution in [2.45, 2.75) is 25.6 Å². The smallest absolute Gasteiger partial charge is 0.390 e. The summed E-state index contributed by atoms with van der Waals surface area (Å²) in [5.41, 5.74) is 6.12. The van der Waals surface area contributed by atoms with Crippen molar-refractivity contribution >= 4 is 24.5 Å². The van der Waals surface area contributed by atoms with Crippen LogP contribution >= 0.6 is 12.6 Å². The van der Waals surface area contributed by atoms with Gasteiger partial charge in [-0.2, -0.15) is 12.6 Å². The van der Waals surface area contributed by atoms with Crippen molar-refractivity contribution in [3.63, 3.8) is 0 Å². The number of rotatable bonds is 9. The summed E-state index contributed by atoms with van der Waals surface area (Å²) in [5.74, 6) is -0.192. The highest BCUT2D eigenvalue weighted by Gasteiger charge is 2.15. The second-order valence-corrected chi connectivity index (χ2v) is 5.38. The number of carbonyl (C=O) groups is 1. The maximum absolute atomic E-state index is 11.5. The van der Waals surface area contributed by atoms with Crippen LogP contribution in [0, 0.1) is 10.1 Å². The van der Waals surface area contributed by atoms with Gasteiger partial charge in [0.2, 0.25) is 5.91 Å². The maximum atomic E-state index is 11.5. The standard InChI is InChI=1S/C12H18N8O3S/c13-10(8-24)11(21)14-2-1-4-19-7-9(16-17-19)6-18-5-3-15-12(18)20(22)23/h3,5,7,10,24H,1-2,4,6,8,13H2,(H,14,21). The molecule has 2 aromatic heterocycles. The number of nitrogens with two attached hydrogens (primary N) is 1. The minimum atomic E-state index is -0.614. The van der Waals surface area contributed by atoms with Crippen LogP contribution in [0.3, 0.4) is 0 Å². The van der Waals surface area contributed by atoms with Gasteiger partial charge < -0.3 is 21.2 Å². The van der Waals surface area contributed by atoms with E-state index >= 15 is 0 Å². The Bertz CT molecular complexity index is 700. The summed E-state index contributed by atoms with van der Waals surface area (Å²) >= 11 is 3.96. The van der Waals surface area contributed by atoms with Crippen molar-refractivity contribution in [3.8, 4) is 0 Å². The highest BCUT2D eigenvalue weighted by Crippen LogP contribution is 2.09. The van der Waals surface area contributed by atoms with E-state index in [1.165, 1.54) is 17.0 Å². The maximum Gasteiger partial charge on any atom is 0.434 e. The van der Waals surface area contributed by atoms with E-state index in [9.17, 15) is 14.9 Å². The molecule has 3 N–H and O–H groups in total. The average Bonchev–Trinajstić information content (AvgIpc) is 3.20. The van der Waals surface area contributed by atoms with Gasteiger partial charge in [-0.15, -0.1) is 5.10 Å². The Morgan fingerprint density at radius 1 is 1.54 bits per heavy atom. The van der Waals surface area contributed by atoms with Gasteiger partial charge in [0.1, 0.15) is 24.6 Å². The van der Waals surface area contributed by atoms with Crippen LogP contribution in [0.25, 0.3) is 0 Å². The highest BCUT2D eigenvalue weighted by atomic mass is 32.1. The number of imidazole rings is 1. The van der Waals surface area contributed by atoms with Crippen LogP contribution in [0.1, 0.15) is 12.1 Å². The Hall–Kier alpha value is -2.47. The predicted octanol–water partition coefficient (Wildman–Crippen LogP) is -0.805. The lowest BCUT2D eigenvalue weighted by Crippen LogP contribution is -2.42. The zero-order chi connectivity index (χ0) is 17.5. The van der Waals surface area contributed by atoms with Crippen LogP contribution in [0.5, 0.6) is 0 Å². The lowest BCUT2D eigenvalue weighted by Gasteiger charge is -2.09. The van der Waals surface area contributed by atoms with Crippen molar-refractivity contribution < 1.29 is 9.72 Å². The third-order valence-corrected chi connectivity index (χ3v) is 3.57. The molecule has 1 amide bonds. The first-order chi connectivity index (χ1) is 11.5. The number of nitro groups is 1. The van der Waals surface area contributed by atoms with Crippen LogP contribution in [0.15, 0.2) is 18.6 Å². The molecule has 0 aliphatic carbocycles. The molecule has 0 saturated heterocycles. The molecule has 12 heteroatoms. The first-order valence-electron chi connectivity index (χ1n) is 7.20. The summed E-state index contributed by atoms with van der Waals surface area (Å²) in [5, 5.41) is 21.4. The van der Waals surface area contributed by atoms with Gasteiger partial charge >= 0.3 is 5.95 Å². The monoisotopic (exact) mass is 354 g/mol. The fourth-order valence-corrected chi connectivity index (χ4v) is 2.12. The van der Waals surface area contributed by atoms with E-state index in [1.54, 1.807) is 10.9 Å². The molecule has 1 atom stereocenters. The molecule has 2 rings (SSSR count). The van der Waals surface area contributed by atoms with Crippen LogP contribution in [0.4, 0.5) is 5.95 Å². The Kier molecular flexibility index (Phi) is 6.26. The largest absolute Gasteiger partial charge is 0.434 e. The van der Waals surface area contributed by atoms with E-state index in [2.05, 4.69) is 33.2 Å². The quantitative estimate of drug-likeness (QED) is 0.231. The zero-order valence-electron chi connectivity index (χ0n) is 12.8. The van der Waals surface area contributed by atoms with E-state index in [0.29, 0.717) is 31.0 Å². The van der Waals surface area contributed by atoms with Crippen LogP contribution in [-0.4, -0.2) is 53.7 Å². The van der Waals surface area contributed by atoms with E-state index in [1.807, 2.05) is 0 Å². The van der Waals surface area contributed by atoms with Crippen molar-refractivity contribution in [1.29, 1.82) is 0 Å². The molecule has 11 nitrogen and oxygen atoms in total. The molecule has 0 aromatic carbocycles. The number of carbonyl (C=O) groups excluding carboxylic acids is 1. The number of thiol groups is 1. The van der Waals surface area contributed by atoms with Gasteiger partial charge in [-0.25, -0.2) is 4.57 Å². The average molecular weight is 354 g/mol. The van der Waals surface area contributed by atoms with Gasteiger partial charge in [-0.3, -0.25) is 9.48 Å². The Morgan fingerprint density at radius 3 is 3.04 bits per heavy atom. The van der Waals surface area contributed by atoms with Crippen LogP contribution in [-0.2, 0) is 17.9 Å². The first kappa shape index (κ1) is 17.9. The molecule has 1 unspecified atom stereocenters.